The molecule has 0 radical (unpaired) electrons. The number of nitrogens with two attached hydrogens (primary N) is 1. The van der Waals surface area contributed by atoms with Crippen LogP contribution in [0.2, 0.25) is 0 Å². The first kappa shape index (κ1) is 12.2. The summed E-state index contributed by atoms with van der Waals surface area (Å²) < 4.78 is 0. The van der Waals surface area contributed by atoms with Crippen LogP contribution in [0.3, 0.4) is 0 Å². The first-order valence-electron chi connectivity index (χ1n) is 7.29. The van der Waals surface area contributed by atoms with Gasteiger partial charge >= 0.3 is 0 Å². The van der Waals surface area contributed by atoms with Crippen molar-refractivity contribution in [2.45, 2.75) is 50.6 Å². The highest BCUT2D eigenvalue weighted by atomic mass is 15.2. The number of nitrogens with zero attached hydrogens (tertiary/aromatic N) is 1. The molecule has 0 aromatic heterocycles. The molecule has 1 aromatic rings. The van der Waals surface area contributed by atoms with Crippen LogP contribution in [0.15, 0.2) is 24.3 Å². The van der Waals surface area contributed by atoms with E-state index in [0.717, 1.165) is 19.4 Å². The molecule has 2 N–H and O–H groups in total. The fourth-order valence-electron chi connectivity index (χ4n) is 3.94. The second kappa shape index (κ2) is 4.67. The summed E-state index contributed by atoms with van der Waals surface area (Å²) in [6.45, 7) is 4.39. The molecule has 1 atom stereocenters. The largest absolute Gasteiger partial charge is 0.329 e. The van der Waals surface area contributed by atoms with E-state index in [1.54, 1.807) is 0 Å². The standard InChI is InChI=1S/C16H24N2/c1-13-6-4-5-9-18(13)16(12-17)10-14-7-2-3-8-15(14)11-16/h2-3,7-8,13H,4-6,9-12,17H2,1H3. The maximum atomic E-state index is 6.20. The summed E-state index contributed by atoms with van der Waals surface area (Å²) in [7, 11) is 0. The van der Waals surface area contributed by atoms with Gasteiger partial charge in [0.15, 0.2) is 0 Å². The summed E-state index contributed by atoms with van der Waals surface area (Å²) >= 11 is 0. The second-order valence-corrected chi connectivity index (χ2v) is 6.09. The van der Waals surface area contributed by atoms with Gasteiger partial charge in [-0.3, -0.25) is 4.90 Å². The van der Waals surface area contributed by atoms with Crippen LogP contribution < -0.4 is 5.73 Å². The molecular weight excluding hydrogens is 220 g/mol. The SMILES string of the molecule is CC1CCCCN1C1(CN)Cc2ccccc2C1. The van der Waals surface area contributed by atoms with Crippen LogP contribution >= 0.6 is 0 Å². The molecule has 0 bridgehead atoms. The van der Waals surface area contributed by atoms with Gasteiger partial charge in [0, 0.05) is 18.1 Å². The van der Waals surface area contributed by atoms with Gasteiger partial charge in [-0.25, -0.2) is 0 Å². The van der Waals surface area contributed by atoms with Gasteiger partial charge in [-0.1, -0.05) is 30.7 Å². The Morgan fingerprint density at radius 3 is 2.44 bits per heavy atom. The van der Waals surface area contributed by atoms with E-state index in [-0.39, 0.29) is 5.54 Å². The van der Waals surface area contributed by atoms with Crippen LogP contribution in [-0.2, 0) is 12.8 Å². The van der Waals surface area contributed by atoms with Gasteiger partial charge in [-0.05, 0) is 50.3 Å². The number of benzene rings is 1. The average Bonchev–Trinajstić information content (AvgIpc) is 2.79. The molecule has 1 fully saturated rings. The molecule has 98 valence electrons. The van der Waals surface area contributed by atoms with E-state index >= 15 is 0 Å². The van der Waals surface area contributed by atoms with Gasteiger partial charge in [0.1, 0.15) is 0 Å². The molecule has 2 nitrogen and oxygen atoms in total. The summed E-state index contributed by atoms with van der Waals surface area (Å²) in [6, 6.07) is 9.57. The van der Waals surface area contributed by atoms with E-state index < -0.39 is 0 Å². The van der Waals surface area contributed by atoms with E-state index in [1.165, 1.54) is 36.9 Å². The van der Waals surface area contributed by atoms with Crippen LogP contribution in [0, 0.1) is 0 Å². The predicted molar refractivity (Wildman–Crippen MR) is 75.7 cm³/mol. The first-order valence-corrected chi connectivity index (χ1v) is 7.29. The fraction of sp³-hybridized carbons (Fsp3) is 0.625. The highest BCUT2D eigenvalue weighted by molar-refractivity contribution is 5.36. The lowest BCUT2D eigenvalue weighted by Crippen LogP contribution is -2.59. The number of likely N-dealkylation sites (tertiary alicyclic amines) is 1. The van der Waals surface area contributed by atoms with Crippen molar-refractivity contribution in [3.05, 3.63) is 35.4 Å². The van der Waals surface area contributed by atoms with E-state index in [4.69, 9.17) is 5.73 Å². The van der Waals surface area contributed by atoms with Crippen LogP contribution in [0.1, 0.15) is 37.3 Å². The Labute approximate surface area is 110 Å². The molecule has 0 saturated carbocycles. The Morgan fingerprint density at radius 2 is 1.89 bits per heavy atom. The monoisotopic (exact) mass is 244 g/mol. The lowest BCUT2D eigenvalue weighted by molar-refractivity contribution is 0.0360. The molecule has 18 heavy (non-hydrogen) atoms. The summed E-state index contributed by atoms with van der Waals surface area (Å²) in [4.78, 5) is 2.70. The van der Waals surface area contributed by atoms with E-state index in [2.05, 4.69) is 36.1 Å². The fourth-order valence-corrected chi connectivity index (χ4v) is 3.94. The van der Waals surface area contributed by atoms with E-state index in [1.807, 2.05) is 0 Å². The summed E-state index contributed by atoms with van der Waals surface area (Å²) in [5.74, 6) is 0. The van der Waals surface area contributed by atoms with Crippen molar-refractivity contribution in [1.29, 1.82) is 0 Å². The molecule has 2 heteroatoms. The van der Waals surface area contributed by atoms with Crippen LogP contribution in [-0.4, -0.2) is 29.6 Å². The normalized spacial score (nSPS) is 27.1. The number of hydrogen-bond acceptors (Lipinski definition) is 2. The van der Waals surface area contributed by atoms with Gasteiger partial charge < -0.3 is 5.73 Å². The molecule has 3 rings (SSSR count). The van der Waals surface area contributed by atoms with Gasteiger partial charge in [0.25, 0.3) is 0 Å². The zero-order valence-electron chi connectivity index (χ0n) is 11.4. The Bertz CT molecular complexity index is 402. The minimum atomic E-state index is 0.198. The predicted octanol–water partition coefficient (Wildman–Crippen LogP) is 2.36. The highest BCUT2D eigenvalue weighted by Gasteiger charge is 2.43. The smallest absolute Gasteiger partial charge is 0.0415 e. The minimum absolute atomic E-state index is 0.198. The Morgan fingerprint density at radius 1 is 1.22 bits per heavy atom. The van der Waals surface area contributed by atoms with Crippen molar-refractivity contribution in [3.63, 3.8) is 0 Å². The zero-order valence-corrected chi connectivity index (χ0v) is 11.4. The van der Waals surface area contributed by atoms with Crippen molar-refractivity contribution in [2.75, 3.05) is 13.1 Å². The summed E-state index contributed by atoms with van der Waals surface area (Å²) in [6.07, 6.45) is 6.33. The average molecular weight is 244 g/mol. The van der Waals surface area contributed by atoms with Gasteiger partial charge in [-0.2, -0.15) is 0 Å². The summed E-state index contributed by atoms with van der Waals surface area (Å²) in [5, 5.41) is 0. The van der Waals surface area contributed by atoms with Gasteiger partial charge in [0.05, 0.1) is 0 Å². The minimum Gasteiger partial charge on any atom is -0.329 e. The molecule has 1 heterocycles. The number of hydrogen-bond donors (Lipinski definition) is 1. The van der Waals surface area contributed by atoms with Crippen molar-refractivity contribution < 1.29 is 0 Å². The van der Waals surface area contributed by atoms with E-state index in [9.17, 15) is 0 Å². The van der Waals surface area contributed by atoms with Gasteiger partial charge in [0.2, 0.25) is 0 Å². The van der Waals surface area contributed by atoms with Crippen molar-refractivity contribution >= 4 is 0 Å². The molecular formula is C16H24N2. The molecule has 0 spiro atoms. The molecule has 1 aliphatic carbocycles. The zero-order chi connectivity index (χ0) is 12.6. The molecule has 1 saturated heterocycles. The third-order valence-electron chi connectivity index (χ3n) is 4.95. The lowest BCUT2D eigenvalue weighted by Gasteiger charge is -2.47. The lowest BCUT2D eigenvalue weighted by atomic mass is 9.88. The van der Waals surface area contributed by atoms with Crippen molar-refractivity contribution in [2.24, 2.45) is 5.73 Å². The molecule has 1 aliphatic heterocycles. The van der Waals surface area contributed by atoms with Crippen LogP contribution in [0.4, 0.5) is 0 Å². The van der Waals surface area contributed by atoms with E-state index in [0.29, 0.717) is 6.04 Å². The number of fused-ring (bicyclic) bond motifs is 1. The molecule has 0 amide bonds. The third-order valence-corrected chi connectivity index (χ3v) is 4.95. The second-order valence-electron chi connectivity index (χ2n) is 6.09. The first-order chi connectivity index (χ1) is 8.75. The highest BCUT2D eigenvalue weighted by Crippen LogP contribution is 2.37. The topological polar surface area (TPSA) is 29.3 Å². The summed E-state index contributed by atoms with van der Waals surface area (Å²) in [5.41, 5.74) is 9.43. The van der Waals surface area contributed by atoms with Crippen LogP contribution in [0.25, 0.3) is 0 Å². The molecule has 2 aliphatic rings. The Balaban J connectivity index is 1.89. The third kappa shape index (κ3) is 1.88. The maximum Gasteiger partial charge on any atom is 0.0415 e. The quantitative estimate of drug-likeness (QED) is 0.865. The Hall–Kier alpha value is -0.860. The molecule has 1 aromatic carbocycles. The van der Waals surface area contributed by atoms with Gasteiger partial charge in [-0.15, -0.1) is 0 Å². The number of rotatable bonds is 2. The Kier molecular flexibility index (Phi) is 3.16. The van der Waals surface area contributed by atoms with Crippen molar-refractivity contribution in [1.82, 2.24) is 4.90 Å². The number of piperidine rings is 1. The molecule has 1 unspecified atom stereocenters. The van der Waals surface area contributed by atoms with Crippen molar-refractivity contribution in [3.8, 4) is 0 Å². The van der Waals surface area contributed by atoms with Crippen LogP contribution in [0.5, 0.6) is 0 Å². The maximum absolute atomic E-state index is 6.20.